The maximum absolute atomic E-state index is 12.3. The fourth-order valence-electron chi connectivity index (χ4n) is 4.21. The van der Waals surface area contributed by atoms with Gasteiger partial charge in [-0.2, -0.15) is 0 Å². The van der Waals surface area contributed by atoms with E-state index in [1.807, 2.05) is 39.0 Å². The van der Waals surface area contributed by atoms with Gasteiger partial charge in [0.2, 0.25) is 0 Å². The Bertz CT molecular complexity index is 851. The standard InChI is InChI=1S/C26H39O11P/c1-6-30-38(31-7-2)37-25-15-22(26(18(4)33-25)34-19(5)27)36-24-14-13-21(17(3)32-24)35-23(28)16-29-20-11-9-8-10-12-20/h8-12,17-18,21-22,24-26H,6-7,13-16H2,1-5H3/t17-,18+,21-,22+,24-,25-,26+/m0/s1. The molecule has 2 aliphatic heterocycles. The Morgan fingerprint density at radius 3 is 2.24 bits per heavy atom. The van der Waals surface area contributed by atoms with Gasteiger partial charge in [-0.05, 0) is 46.2 Å². The zero-order valence-electron chi connectivity index (χ0n) is 22.6. The maximum atomic E-state index is 12.3. The van der Waals surface area contributed by atoms with Crippen molar-refractivity contribution in [2.45, 2.75) is 97.0 Å². The van der Waals surface area contributed by atoms with Crippen LogP contribution in [-0.2, 0) is 46.8 Å². The summed E-state index contributed by atoms with van der Waals surface area (Å²) in [7, 11) is -1.59. The van der Waals surface area contributed by atoms with Gasteiger partial charge in [-0.25, -0.2) is 4.79 Å². The van der Waals surface area contributed by atoms with Gasteiger partial charge in [0, 0.05) is 19.8 Å². The van der Waals surface area contributed by atoms with Gasteiger partial charge in [0.1, 0.15) is 18.0 Å². The number of para-hydroxylation sites is 1. The molecule has 12 heteroatoms. The molecule has 38 heavy (non-hydrogen) atoms. The topological polar surface area (TPSA) is 117 Å². The van der Waals surface area contributed by atoms with Crippen molar-refractivity contribution in [1.82, 2.24) is 0 Å². The largest absolute Gasteiger partial charge is 0.482 e. The van der Waals surface area contributed by atoms with Crippen LogP contribution in [0.1, 0.15) is 53.9 Å². The Morgan fingerprint density at radius 2 is 1.61 bits per heavy atom. The lowest BCUT2D eigenvalue weighted by Crippen LogP contribution is -2.53. The van der Waals surface area contributed by atoms with Crippen molar-refractivity contribution in [2.75, 3.05) is 19.8 Å². The highest BCUT2D eigenvalue weighted by molar-refractivity contribution is 7.41. The molecule has 2 aliphatic rings. The maximum Gasteiger partial charge on any atom is 0.344 e. The van der Waals surface area contributed by atoms with Crippen LogP contribution in [0, 0.1) is 0 Å². The zero-order valence-corrected chi connectivity index (χ0v) is 23.5. The predicted octanol–water partition coefficient (Wildman–Crippen LogP) is 4.27. The van der Waals surface area contributed by atoms with Crippen molar-refractivity contribution in [3.8, 4) is 5.75 Å². The van der Waals surface area contributed by atoms with Crippen LogP contribution in [0.2, 0.25) is 0 Å². The highest BCUT2D eigenvalue weighted by atomic mass is 31.2. The molecule has 0 bridgehead atoms. The highest BCUT2D eigenvalue weighted by Gasteiger charge is 2.43. The van der Waals surface area contributed by atoms with Crippen molar-refractivity contribution in [3.05, 3.63) is 30.3 Å². The Labute approximate surface area is 225 Å². The van der Waals surface area contributed by atoms with Crippen LogP contribution in [0.4, 0.5) is 0 Å². The first kappa shape index (κ1) is 30.7. The molecule has 0 radical (unpaired) electrons. The van der Waals surface area contributed by atoms with Crippen molar-refractivity contribution < 1.29 is 51.6 Å². The third kappa shape index (κ3) is 9.72. The van der Waals surface area contributed by atoms with E-state index in [1.165, 1.54) is 6.92 Å². The average molecular weight is 559 g/mol. The number of benzene rings is 1. The van der Waals surface area contributed by atoms with Crippen molar-refractivity contribution in [2.24, 2.45) is 0 Å². The molecule has 3 rings (SSSR count). The smallest absolute Gasteiger partial charge is 0.344 e. The first-order valence-corrected chi connectivity index (χ1v) is 14.1. The highest BCUT2D eigenvalue weighted by Crippen LogP contribution is 2.43. The number of hydrogen-bond acceptors (Lipinski definition) is 11. The minimum absolute atomic E-state index is 0.190. The number of esters is 2. The summed E-state index contributed by atoms with van der Waals surface area (Å²) < 4.78 is 51.8. The van der Waals surface area contributed by atoms with E-state index in [1.54, 1.807) is 19.1 Å². The lowest BCUT2D eigenvalue weighted by atomic mass is 10.0. The number of hydrogen-bond donors (Lipinski definition) is 0. The Kier molecular flexibility index (Phi) is 12.7. The van der Waals surface area contributed by atoms with Gasteiger partial charge in [-0.3, -0.25) is 9.32 Å². The molecule has 0 N–H and O–H groups in total. The fourth-order valence-corrected chi connectivity index (χ4v) is 5.16. The Hall–Kier alpha value is -1.85. The lowest BCUT2D eigenvalue weighted by Gasteiger charge is -2.42. The average Bonchev–Trinajstić information content (AvgIpc) is 2.87. The minimum atomic E-state index is -1.59. The summed E-state index contributed by atoms with van der Waals surface area (Å²) in [5.74, 6) is -0.315. The third-order valence-corrected chi connectivity index (χ3v) is 7.23. The monoisotopic (exact) mass is 558 g/mol. The van der Waals surface area contributed by atoms with E-state index >= 15 is 0 Å². The van der Waals surface area contributed by atoms with Crippen molar-refractivity contribution >= 4 is 20.5 Å². The lowest BCUT2D eigenvalue weighted by molar-refractivity contribution is -0.290. The quantitative estimate of drug-likeness (QED) is 0.255. The first-order valence-electron chi connectivity index (χ1n) is 13.0. The second kappa shape index (κ2) is 15.7. The molecule has 0 unspecified atom stereocenters. The van der Waals surface area contributed by atoms with E-state index in [0.29, 0.717) is 31.8 Å². The second-order valence-electron chi connectivity index (χ2n) is 8.90. The number of rotatable bonds is 13. The molecule has 7 atom stereocenters. The Morgan fingerprint density at radius 1 is 0.921 bits per heavy atom. The van der Waals surface area contributed by atoms with E-state index in [-0.39, 0.29) is 13.0 Å². The van der Waals surface area contributed by atoms with Crippen molar-refractivity contribution in [1.29, 1.82) is 0 Å². The molecule has 1 aromatic carbocycles. The molecule has 2 fully saturated rings. The predicted molar refractivity (Wildman–Crippen MR) is 136 cm³/mol. The summed E-state index contributed by atoms with van der Waals surface area (Å²) in [4.78, 5) is 24.1. The molecule has 0 spiro atoms. The van der Waals surface area contributed by atoms with Gasteiger partial charge < -0.3 is 37.5 Å². The molecule has 0 amide bonds. The summed E-state index contributed by atoms with van der Waals surface area (Å²) >= 11 is 0. The van der Waals surface area contributed by atoms with Crippen LogP contribution >= 0.6 is 8.60 Å². The molecule has 2 heterocycles. The van der Waals surface area contributed by atoms with Crippen LogP contribution in [0.15, 0.2) is 30.3 Å². The zero-order chi connectivity index (χ0) is 27.5. The van der Waals surface area contributed by atoms with E-state index in [0.717, 1.165) is 0 Å². The van der Waals surface area contributed by atoms with Gasteiger partial charge in [0.25, 0.3) is 0 Å². The summed E-state index contributed by atoms with van der Waals surface area (Å²) in [5.41, 5.74) is 0. The summed E-state index contributed by atoms with van der Waals surface area (Å²) in [6.07, 6.45) is -2.50. The van der Waals surface area contributed by atoms with Crippen LogP contribution in [0.25, 0.3) is 0 Å². The Balaban J connectivity index is 1.54. The first-order chi connectivity index (χ1) is 18.3. The third-order valence-electron chi connectivity index (χ3n) is 5.88. The van der Waals surface area contributed by atoms with E-state index in [2.05, 4.69) is 0 Å². The summed E-state index contributed by atoms with van der Waals surface area (Å²) in [5, 5.41) is 0. The molecule has 11 nitrogen and oxygen atoms in total. The second-order valence-corrected chi connectivity index (χ2v) is 10.1. The fraction of sp³-hybridized carbons (Fsp3) is 0.692. The molecule has 0 aliphatic carbocycles. The van der Waals surface area contributed by atoms with Crippen molar-refractivity contribution in [3.63, 3.8) is 0 Å². The molecular weight excluding hydrogens is 519 g/mol. The summed E-state index contributed by atoms with van der Waals surface area (Å²) in [6, 6.07) is 9.06. The van der Waals surface area contributed by atoms with Crippen LogP contribution < -0.4 is 4.74 Å². The van der Waals surface area contributed by atoms with Crippen LogP contribution in [0.3, 0.4) is 0 Å². The van der Waals surface area contributed by atoms with Crippen LogP contribution in [0.5, 0.6) is 5.75 Å². The normalized spacial score (nSPS) is 29.6. The number of carbonyl (C=O) groups excluding carboxylic acids is 2. The minimum Gasteiger partial charge on any atom is -0.482 e. The number of carbonyl (C=O) groups is 2. The molecule has 0 saturated carbocycles. The van der Waals surface area contributed by atoms with E-state index in [9.17, 15) is 9.59 Å². The molecule has 2 saturated heterocycles. The SMILES string of the molecule is CCOP(OCC)O[C@H]1C[C@@H](O[C@H]2CC[C@H](OC(=O)COc3ccccc3)[C@H](C)O2)[C@H](OC(C)=O)[C@@H](C)O1. The molecule has 214 valence electrons. The van der Waals surface area contributed by atoms with Gasteiger partial charge >= 0.3 is 20.5 Å². The molecule has 0 aromatic heterocycles. The summed E-state index contributed by atoms with van der Waals surface area (Å²) in [6.45, 7) is 9.34. The van der Waals surface area contributed by atoms with Gasteiger partial charge in [0.15, 0.2) is 25.3 Å². The van der Waals surface area contributed by atoms with Gasteiger partial charge in [0.05, 0.1) is 25.4 Å². The van der Waals surface area contributed by atoms with Crippen LogP contribution in [-0.4, -0.2) is 74.9 Å². The molecular formula is C26H39O11P. The number of ether oxygens (including phenoxy) is 6. The van der Waals surface area contributed by atoms with Gasteiger partial charge in [-0.15, -0.1) is 0 Å². The van der Waals surface area contributed by atoms with E-state index < -0.39 is 63.6 Å². The molecule has 1 aromatic rings. The van der Waals surface area contributed by atoms with Gasteiger partial charge in [-0.1, -0.05) is 18.2 Å². The van der Waals surface area contributed by atoms with E-state index in [4.69, 9.17) is 42.0 Å².